The Bertz CT molecular complexity index is 1330. The van der Waals surface area contributed by atoms with Crippen molar-refractivity contribution in [2.24, 2.45) is 0 Å². The van der Waals surface area contributed by atoms with E-state index < -0.39 is 0 Å². The Morgan fingerprint density at radius 3 is 2.36 bits per heavy atom. The zero-order valence-corrected chi connectivity index (χ0v) is 29.7. The highest BCUT2D eigenvalue weighted by atomic mass is 32.2. The highest BCUT2D eigenvalue weighted by Crippen LogP contribution is 2.33. The molecule has 2 aliphatic heterocycles. The zero-order valence-electron chi connectivity index (χ0n) is 28.1. The number of amides is 3. The van der Waals surface area contributed by atoms with Crippen LogP contribution in [0, 0.1) is 0 Å². The Morgan fingerprint density at radius 2 is 1.60 bits per heavy atom. The first-order chi connectivity index (χ1) is 22.7. The highest BCUT2D eigenvalue weighted by Gasteiger charge is 2.42. The molecule has 0 aromatic heterocycles. The Kier molecular flexibility index (Phi) is 14.4. The van der Waals surface area contributed by atoms with Crippen molar-refractivity contribution in [3.63, 3.8) is 0 Å². The standard InChI is InChI=1S/C34H51N7O4S2/c1-40(2)26-12-6-7-13-28(26)44-20-21-45-29-22-24(16-17-27(29)41(3)4)37-34(46)36-19-11-5-10-18-35-31(42)15-9-8-14-30-32-25(23-47-30)38-33(43)39-32/h6-7,12-13,16-17,22,25,30,32H,5,8-11,14-15,18-21,23H2,1-4H3,(H,35,42)(H2,36,37,46)(H2,38,39,43). The molecule has 47 heavy (non-hydrogen) atoms. The van der Waals surface area contributed by atoms with Crippen molar-refractivity contribution in [2.45, 2.75) is 62.3 Å². The van der Waals surface area contributed by atoms with Crippen LogP contribution >= 0.6 is 24.0 Å². The number of hydrogen-bond donors (Lipinski definition) is 5. The van der Waals surface area contributed by atoms with E-state index in [1.54, 1.807) is 0 Å². The maximum Gasteiger partial charge on any atom is 0.315 e. The molecule has 2 aromatic rings. The molecule has 2 heterocycles. The molecule has 0 spiro atoms. The van der Waals surface area contributed by atoms with E-state index in [9.17, 15) is 9.59 Å². The number of fused-ring (bicyclic) bond motifs is 1. The van der Waals surface area contributed by atoms with Gasteiger partial charge in [0, 0.05) is 70.5 Å². The van der Waals surface area contributed by atoms with E-state index in [2.05, 4.69) is 26.6 Å². The minimum Gasteiger partial charge on any atom is -0.488 e. The second-order valence-corrected chi connectivity index (χ2v) is 14.0. The van der Waals surface area contributed by atoms with Crippen LogP contribution in [0.5, 0.6) is 11.5 Å². The van der Waals surface area contributed by atoms with Gasteiger partial charge in [0.15, 0.2) is 5.11 Å². The van der Waals surface area contributed by atoms with Crippen molar-refractivity contribution in [1.82, 2.24) is 21.3 Å². The van der Waals surface area contributed by atoms with E-state index in [4.69, 9.17) is 21.7 Å². The first kappa shape index (κ1) is 36.3. The van der Waals surface area contributed by atoms with Gasteiger partial charge in [0.05, 0.1) is 23.5 Å². The molecule has 13 heteroatoms. The van der Waals surface area contributed by atoms with Crippen molar-refractivity contribution in [1.29, 1.82) is 0 Å². The van der Waals surface area contributed by atoms with E-state index in [0.29, 0.717) is 36.5 Å². The van der Waals surface area contributed by atoms with E-state index in [1.807, 2.05) is 92.2 Å². The summed E-state index contributed by atoms with van der Waals surface area (Å²) in [7, 11) is 7.96. The number of carbonyl (C=O) groups is 2. The molecule has 0 bridgehead atoms. The van der Waals surface area contributed by atoms with Crippen molar-refractivity contribution in [3.8, 4) is 11.5 Å². The second-order valence-electron chi connectivity index (χ2n) is 12.3. The minimum absolute atomic E-state index is 0.0492. The molecular formula is C34H51N7O4S2. The Hall–Kier alpha value is -3.58. The molecular weight excluding hydrogens is 635 g/mol. The molecule has 0 radical (unpaired) electrons. The third-order valence-electron chi connectivity index (χ3n) is 8.19. The van der Waals surface area contributed by atoms with Gasteiger partial charge >= 0.3 is 6.03 Å². The van der Waals surface area contributed by atoms with Gasteiger partial charge in [-0.3, -0.25) is 4.79 Å². The first-order valence-corrected chi connectivity index (χ1v) is 18.0. The maximum absolute atomic E-state index is 12.2. The van der Waals surface area contributed by atoms with E-state index >= 15 is 0 Å². The van der Waals surface area contributed by atoms with Crippen LogP contribution < -0.4 is 45.9 Å². The molecule has 5 N–H and O–H groups in total. The number of para-hydroxylation sites is 2. The number of thioether (sulfide) groups is 1. The summed E-state index contributed by atoms with van der Waals surface area (Å²) in [5.41, 5.74) is 2.84. The Balaban J connectivity index is 1.05. The van der Waals surface area contributed by atoms with E-state index in [1.165, 1.54) is 0 Å². The fraction of sp³-hybridized carbons (Fsp3) is 0.559. The number of benzene rings is 2. The van der Waals surface area contributed by atoms with Gasteiger partial charge in [-0.1, -0.05) is 18.6 Å². The molecule has 3 atom stereocenters. The quantitative estimate of drug-likeness (QED) is 0.0818. The lowest BCUT2D eigenvalue weighted by Crippen LogP contribution is -2.36. The lowest BCUT2D eigenvalue weighted by molar-refractivity contribution is -0.121. The number of hydrogen-bond acceptors (Lipinski definition) is 8. The number of thiocarbonyl (C=S) groups is 1. The van der Waals surface area contributed by atoms with Crippen molar-refractivity contribution in [2.75, 3.05) is 75.4 Å². The van der Waals surface area contributed by atoms with Crippen LogP contribution in [-0.4, -0.2) is 94.6 Å². The predicted molar refractivity (Wildman–Crippen MR) is 198 cm³/mol. The largest absolute Gasteiger partial charge is 0.488 e. The third kappa shape index (κ3) is 11.6. The van der Waals surface area contributed by atoms with Gasteiger partial charge in [0.1, 0.15) is 24.7 Å². The lowest BCUT2D eigenvalue weighted by Gasteiger charge is -2.20. The first-order valence-electron chi connectivity index (χ1n) is 16.5. The van der Waals surface area contributed by atoms with Gasteiger partial charge in [-0.25, -0.2) is 4.79 Å². The van der Waals surface area contributed by atoms with E-state index in [0.717, 1.165) is 79.4 Å². The minimum atomic E-state index is -0.0492. The summed E-state index contributed by atoms with van der Waals surface area (Å²) in [5.74, 6) is 2.66. The normalized spacial score (nSPS) is 18.0. The summed E-state index contributed by atoms with van der Waals surface area (Å²) in [6.45, 7) is 2.26. The number of ether oxygens (including phenoxy) is 2. The number of urea groups is 1. The van der Waals surface area contributed by atoms with Crippen LogP contribution in [0.4, 0.5) is 21.9 Å². The molecule has 11 nitrogen and oxygen atoms in total. The monoisotopic (exact) mass is 685 g/mol. The van der Waals surface area contributed by atoms with Gasteiger partial charge in [0.25, 0.3) is 0 Å². The molecule has 3 unspecified atom stereocenters. The van der Waals surface area contributed by atoms with Crippen LogP contribution in [0.2, 0.25) is 0 Å². The highest BCUT2D eigenvalue weighted by molar-refractivity contribution is 8.00. The van der Waals surface area contributed by atoms with Crippen LogP contribution in [0.25, 0.3) is 0 Å². The number of rotatable bonds is 19. The molecule has 4 rings (SSSR count). The van der Waals surface area contributed by atoms with Gasteiger partial charge in [-0.15, -0.1) is 0 Å². The molecule has 258 valence electrons. The molecule has 2 aliphatic rings. The number of carbonyl (C=O) groups excluding carboxylic acids is 2. The molecule has 3 amide bonds. The van der Waals surface area contributed by atoms with Gasteiger partial charge in [-0.2, -0.15) is 11.8 Å². The summed E-state index contributed by atoms with van der Waals surface area (Å²) in [4.78, 5) is 27.8. The number of nitrogens with zero attached hydrogens (tertiary/aromatic N) is 2. The summed E-state index contributed by atoms with van der Waals surface area (Å²) in [6, 6.07) is 14.3. The fourth-order valence-corrected chi connectivity index (χ4v) is 7.49. The molecule has 2 fully saturated rings. The zero-order chi connectivity index (χ0) is 33.6. The molecule has 2 aromatic carbocycles. The van der Waals surface area contributed by atoms with Crippen LogP contribution in [-0.2, 0) is 4.79 Å². The smallest absolute Gasteiger partial charge is 0.315 e. The summed E-state index contributed by atoms with van der Waals surface area (Å²) in [6.07, 6.45) is 6.34. The van der Waals surface area contributed by atoms with Crippen LogP contribution in [0.3, 0.4) is 0 Å². The fourth-order valence-electron chi connectivity index (χ4n) is 5.72. The molecule has 2 saturated heterocycles. The number of nitrogens with one attached hydrogen (secondary N) is 5. The molecule has 0 aliphatic carbocycles. The average Bonchev–Trinajstić information content (AvgIpc) is 3.60. The van der Waals surface area contributed by atoms with Crippen LogP contribution in [0.15, 0.2) is 42.5 Å². The maximum atomic E-state index is 12.2. The van der Waals surface area contributed by atoms with Gasteiger partial charge < -0.3 is 45.9 Å². The lowest BCUT2D eigenvalue weighted by atomic mass is 10.0. The predicted octanol–water partition coefficient (Wildman–Crippen LogP) is 4.58. The third-order valence-corrected chi connectivity index (χ3v) is 9.94. The SMILES string of the molecule is CN(C)c1ccccc1OCCOc1cc(NC(=S)NCCCCCNC(=O)CCCCC2SCC3NC(=O)NC32)ccc1N(C)C. The Morgan fingerprint density at radius 1 is 0.894 bits per heavy atom. The number of anilines is 3. The summed E-state index contributed by atoms with van der Waals surface area (Å²) < 4.78 is 12.1. The summed E-state index contributed by atoms with van der Waals surface area (Å²) >= 11 is 7.45. The number of unbranched alkanes of at least 4 members (excludes halogenated alkanes) is 3. The molecule has 0 saturated carbocycles. The average molecular weight is 686 g/mol. The second kappa shape index (κ2) is 18.7. The van der Waals surface area contributed by atoms with Crippen molar-refractivity contribution < 1.29 is 19.1 Å². The van der Waals surface area contributed by atoms with Gasteiger partial charge in [0.2, 0.25) is 5.91 Å². The Labute approximate surface area is 289 Å². The van der Waals surface area contributed by atoms with Crippen LogP contribution in [0.1, 0.15) is 44.9 Å². The summed E-state index contributed by atoms with van der Waals surface area (Å²) in [5, 5.41) is 16.6. The van der Waals surface area contributed by atoms with Crippen molar-refractivity contribution >= 4 is 58.1 Å². The topological polar surface area (TPSA) is 119 Å². The van der Waals surface area contributed by atoms with E-state index in [-0.39, 0.29) is 24.0 Å². The van der Waals surface area contributed by atoms with Crippen molar-refractivity contribution in [3.05, 3.63) is 42.5 Å². The van der Waals surface area contributed by atoms with Gasteiger partial charge in [-0.05, 0) is 68.6 Å².